The number of carbonyl (C=O) groups excluding carboxylic acids is 1. The van der Waals surface area contributed by atoms with Crippen LogP contribution in [0.2, 0.25) is 0 Å². The first kappa shape index (κ1) is 13.0. The molecule has 0 atom stereocenters. The van der Waals surface area contributed by atoms with Gasteiger partial charge in [-0.15, -0.1) is 0 Å². The molecule has 0 spiro atoms. The Kier molecular flexibility index (Phi) is 4.03. The zero-order valence-electron chi connectivity index (χ0n) is 9.94. The molecule has 1 aromatic rings. The lowest BCUT2D eigenvalue weighted by molar-refractivity contribution is -0.136. The molecule has 0 aliphatic rings. The average molecular weight is 238 g/mol. The van der Waals surface area contributed by atoms with E-state index in [1.165, 1.54) is 17.9 Å². The van der Waals surface area contributed by atoms with Gasteiger partial charge in [-0.05, 0) is 13.8 Å². The fraction of sp³-hybridized carbons (Fsp3) is 0.364. The maximum Gasteiger partial charge on any atom is 0.333 e. The number of aromatic nitrogens is 2. The van der Waals surface area contributed by atoms with Crippen molar-refractivity contribution in [2.45, 2.75) is 20.4 Å². The summed E-state index contributed by atoms with van der Waals surface area (Å²) in [6.45, 7) is 3.40. The van der Waals surface area contributed by atoms with Gasteiger partial charge in [0.25, 0.3) is 5.56 Å². The second kappa shape index (κ2) is 5.29. The molecule has 1 N–H and O–H groups in total. The van der Waals surface area contributed by atoms with Crippen LogP contribution in [-0.2, 0) is 16.1 Å². The number of esters is 1. The SMILES string of the molecule is COC(=O)C(C)=CCn1cc(C)c(=O)[nH]c1=O. The number of hydrogen-bond acceptors (Lipinski definition) is 4. The Bertz CT molecular complexity index is 566. The number of H-pyrrole nitrogens is 1. The van der Waals surface area contributed by atoms with Gasteiger partial charge in [-0.3, -0.25) is 14.3 Å². The molecule has 6 heteroatoms. The van der Waals surface area contributed by atoms with E-state index in [9.17, 15) is 14.4 Å². The Labute approximate surface area is 97.5 Å². The Morgan fingerprint density at radius 2 is 2.18 bits per heavy atom. The first-order chi connectivity index (χ1) is 7.95. The third-order valence-electron chi connectivity index (χ3n) is 2.29. The Morgan fingerprint density at radius 1 is 1.53 bits per heavy atom. The Morgan fingerprint density at radius 3 is 2.76 bits per heavy atom. The maximum atomic E-state index is 11.4. The second-order valence-electron chi connectivity index (χ2n) is 3.60. The number of rotatable bonds is 3. The summed E-state index contributed by atoms with van der Waals surface area (Å²) in [4.78, 5) is 35.8. The number of aryl methyl sites for hydroxylation is 1. The smallest absolute Gasteiger partial charge is 0.333 e. The third kappa shape index (κ3) is 3.17. The van der Waals surface area contributed by atoms with E-state index in [0.29, 0.717) is 11.1 Å². The van der Waals surface area contributed by atoms with Crippen LogP contribution in [0.15, 0.2) is 27.4 Å². The Balaban J connectivity index is 2.98. The quantitative estimate of drug-likeness (QED) is 0.592. The number of methoxy groups -OCH3 is 1. The van der Waals surface area contributed by atoms with E-state index in [-0.39, 0.29) is 6.54 Å². The van der Waals surface area contributed by atoms with Gasteiger partial charge in [0.05, 0.1) is 7.11 Å². The summed E-state index contributed by atoms with van der Waals surface area (Å²) in [5.74, 6) is -0.445. The molecule has 0 amide bonds. The number of nitrogens with zero attached hydrogens (tertiary/aromatic N) is 1. The molecule has 0 aromatic carbocycles. The molecule has 0 fully saturated rings. The van der Waals surface area contributed by atoms with Gasteiger partial charge in [0.15, 0.2) is 0 Å². The molecule has 0 aliphatic carbocycles. The van der Waals surface area contributed by atoms with Gasteiger partial charge >= 0.3 is 11.7 Å². The van der Waals surface area contributed by atoms with Crippen molar-refractivity contribution in [2.75, 3.05) is 7.11 Å². The van der Waals surface area contributed by atoms with Crippen molar-refractivity contribution >= 4 is 5.97 Å². The molecule has 1 aromatic heterocycles. The van der Waals surface area contributed by atoms with Crippen LogP contribution in [0.25, 0.3) is 0 Å². The monoisotopic (exact) mass is 238 g/mol. The number of aromatic amines is 1. The van der Waals surface area contributed by atoms with Crippen molar-refractivity contribution in [3.8, 4) is 0 Å². The normalized spacial score (nSPS) is 11.4. The summed E-state index contributed by atoms with van der Waals surface area (Å²) < 4.78 is 5.83. The number of hydrogen-bond donors (Lipinski definition) is 1. The van der Waals surface area contributed by atoms with Gasteiger partial charge in [0, 0.05) is 23.9 Å². The molecule has 17 heavy (non-hydrogen) atoms. The van der Waals surface area contributed by atoms with Crippen molar-refractivity contribution in [3.63, 3.8) is 0 Å². The Hall–Kier alpha value is -2.11. The average Bonchev–Trinajstić information content (AvgIpc) is 2.30. The highest BCUT2D eigenvalue weighted by Gasteiger charge is 2.03. The van der Waals surface area contributed by atoms with E-state index >= 15 is 0 Å². The van der Waals surface area contributed by atoms with E-state index in [1.807, 2.05) is 0 Å². The molecule has 0 unspecified atom stereocenters. The predicted octanol–water partition coefficient (Wildman–Crippen LogP) is -0.0357. The molecule has 92 valence electrons. The van der Waals surface area contributed by atoms with Crippen LogP contribution in [0.4, 0.5) is 0 Å². The lowest BCUT2D eigenvalue weighted by Crippen LogP contribution is -2.30. The second-order valence-corrected chi connectivity index (χ2v) is 3.60. The molecule has 0 aliphatic heterocycles. The first-order valence-corrected chi connectivity index (χ1v) is 5.01. The molecule has 1 heterocycles. The summed E-state index contributed by atoms with van der Waals surface area (Å²) in [5.41, 5.74) is -0.0635. The molecule has 0 radical (unpaired) electrons. The van der Waals surface area contributed by atoms with Crippen molar-refractivity contribution < 1.29 is 9.53 Å². The van der Waals surface area contributed by atoms with Crippen LogP contribution in [0.1, 0.15) is 12.5 Å². The van der Waals surface area contributed by atoms with E-state index in [2.05, 4.69) is 9.72 Å². The largest absolute Gasteiger partial charge is 0.466 e. The van der Waals surface area contributed by atoms with E-state index in [1.54, 1.807) is 19.9 Å². The van der Waals surface area contributed by atoms with E-state index < -0.39 is 17.2 Å². The highest BCUT2D eigenvalue weighted by molar-refractivity contribution is 5.87. The number of ether oxygens (including phenoxy) is 1. The number of nitrogens with one attached hydrogen (secondary N) is 1. The summed E-state index contributed by atoms with van der Waals surface area (Å²) in [6.07, 6.45) is 3.01. The highest BCUT2D eigenvalue weighted by atomic mass is 16.5. The van der Waals surface area contributed by atoms with Gasteiger partial charge in [-0.2, -0.15) is 0 Å². The van der Waals surface area contributed by atoms with Crippen LogP contribution in [0.3, 0.4) is 0 Å². The van der Waals surface area contributed by atoms with E-state index in [0.717, 1.165) is 0 Å². The van der Waals surface area contributed by atoms with Gasteiger partial charge < -0.3 is 4.74 Å². The van der Waals surface area contributed by atoms with Crippen LogP contribution in [-0.4, -0.2) is 22.6 Å². The molecule has 0 bridgehead atoms. The van der Waals surface area contributed by atoms with Crippen molar-refractivity contribution in [3.05, 3.63) is 44.2 Å². The summed E-state index contributed by atoms with van der Waals surface area (Å²) in [5, 5.41) is 0. The predicted molar refractivity (Wildman–Crippen MR) is 61.8 cm³/mol. The topological polar surface area (TPSA) is 81.2 Å². The van der Waals surface area contributed by atoms with Crippen LogP contribution in [0, 0.1) is 6.92 Å². The minimum atomic E-state index is -0.505. The van der Waals surface area contributed by atoms with Crippen molar-refractivity contribution in [1.29, 1.82) is 0 Å². The lowest BCUT2D eigenvalue weighted by Gasteiger charge is -2.03. The van der Waals surface area contributed by atoms with Gasteiger partial charge in [-0.1, -0.05) is 6.08 Å². The van der Waals surface area contributed by atoms with Crippen molar-refractivity contribution in [2.24, 2.45) is 0 Å². The molecule has 1 rings (SSSR count). The molecular weight excluding hydrogens is 224 g/mol. The first-order valence-electron chi connectivity index (χ1n) is 5.01. The van der Waals surface area contributed by atoms with Crippen LogP contribution >= 0.6 is 0 Å². The summed E-state index contributed by atoms with van der Waals surface area (Å²) in [6, 6.07) is 0. The molecular formula is C11H14N2O4. The summed E-state index contributed by atoms with van der Waals surface area (Å²) >= 11 is 0. The molecule has 0 saturated carbocycles. The molecule has 0 saturated heterocycles. The van der Waals surface area contributed by atoms with Gasteiger partial charge in [-0.25, -0.2) is 9.59 Å². The van der Waals surface area contributed by atoms with E-state index in [4.69, 9.17) is 0 Å². The summed E-state index contributed by atoms with van der Waals surface area (Å²) in [7, 11) is 1.29. The third-order valence-corrected chi connectivity index (χ3v) is 2.29. The molecule has 6 nitrogen and oxygen atoms in total. The van der Waals surface area contributed by atoms with Crippen LogP contribution in [0.5, 0.6) is 0 Å². The standard InChI is InChI=1S/C11H14N2O4/c1-7(10(15)17-3)4-5-13-6-8(2)9(14)12-11(13)16/h4,6H,5H2,1-3H3,(H,12,14,16). The van der Waals surface area contributed by atoms with Gasteiger partial charge in [0.1, 0.15) is 0 Å². The van der Waals surface area contributed by atoms with Crippen LogP contribution < -0.4 is 11.2 Å². The number of allylic oxidation sites excluding steroid dienone is 1. The highest BCUT2D eigenvalue weighted by Crippen LogP contribution is 1.96. The zero-order chi connectivity index (χ0) is 13.0. The minimum absolute atomic E-state index is 0.206. The zero-order valence-corrected chi connectivity index (χ0v) is 9.94. The fourth-order valence-electron chi connectivity index (χ4n) is 1.23. The maximum absolute atomic E-state index is 11.4. The minimum Gasteiger partial charge on any atom is -0.466 e. The van der Waals surface area contributed by atoms with Crippen molar-refractivity contribution in [1.82, 2.24) is 9.55 Å². The fourth-order valence-corrected chi connectivity index (χ4v) is 1.23. The lowest BCUT2D eigenvalue weighted by atomic mass is 10.3. The van der Waals surface area contributed by atoms with Gasteiger partial charge in [0.2, 0.25) is 0 Å². The number of carbonyl (C=O) groups is 1.